The van der Waals surface area contributed by atoms with Gasteiger partial charge in [0.25, 0.3) is 0 Å². The molecule has 0 amide bonds. The van der Waals surface area contributed by atoms with Crippen molar-refractivity contribution in [3.8, 4) is 5.75 Å². The number of nitrogens with zero attached hydrogens (tertiary/aromatic N) is 1. The molecule has 0 radical (unpaired) electrons. The Morgan fingerprint density at radius 3 is 2.60 bits per heavy atom. The van der Waals surface area contributed by atoms with E-state index in [2.05, 4.69) is 0 Å². The minimum Gasteiger partial charge on any atom is -0.503 e. The van der Waals surface area contributed by atoms with Crippen molar-refractivity contribution in [1.29, 1.82) is 0 Å². The molecule has 5 heteroatoms. The number of pyridine rings is 1. The number of aryl methyl sites for hydroxylation is 1. The molecule has 0 spiro atoms. The minimum atomic E-state index is -0.496. The molecular weight excluding hydrogens is 258 g/mol. The van der Waals surface area contributed by atoms with Crippen LogP contribution < -0.4 is 5.43 Å². The molecule has 0 saturated heterocycles. The summed E-state index contributed by atoms with van der Waals surface area (Å²) in [5.74, 6) is -0.419. The van der Waals surface area contributed by atoms with Gasteiger partial charge in [0.1, 0.15) is 0 Å². The van der Waals surface area contributed by atoms with Crippen molar-refractivity contribution >= 4 is 5.97 Å². The van der Waals surface area contributed by atoms with E-state index in [0.717, 1.165) is 0 Å². The van der Waals surface area contributed by atoms with Gasteiger partial charge in [0.05, 0.1) is 17.7 Å². The molecule has 0 aliphatic heterocycles. The maximum atomic E-state index is 11.6. The van der Waals surface area contributed by atoms with Gasteiger partial charge in [-0.15, -0.1) is 0 Å². The number of carbonyl (C=O) groups is 1. The van der Waals surface area contributed by atoms with Crippen LogP contribution in [-0.2, 0) is 22.5 Å². The van der Waals surface area contributed by atoms with Crippen LogP contribution in [0.25, 0.3) is 0 Å². The second-order valence-electron chi connectivity index (χ2n) is 5.76. The van der Waals surface area contributed by atoms with E-state index < -0.39 is 5.41 Å². The first kappa shape index (κ1) is 16.3. The van der Waals surface area contributed by atoms with Crippen LogP contribution in [0.4, 0.5) is 0 Å². The molecule has 0 aliphatic carbocycles. The third-order valence-electron chi connectivity index (χ3n) is 2.98. The fourth-order valence-electron chi connectivity index (χ4n) is 1.80. The van der Waals surface area contributed by atoms with Gasteiger partial charge in [-0.25, -0.2) is 0 Å². The summed E-state index contributed by atoms with van der Waals surface area (Å²) in [5.41, 5.74) is -0.249. The predicted octanol–water partition coefficient (Wildman–Crippen LogP) is 2.10. The van der Waals surface area contributed by atoms with Crippen LogP contribution in [0.5, 0.6) is 5.75 Å². The number of esters is 1. The third kappa shape index (κ3) is 4.11. The van der Waals surface area contributed by atoms with Crippen LogP contribution in [0.1, 0.15) is 39.8 Å². The van der Waals surface area contributed by atoms with E-state index in [0.29, 0.717) is 31.7 Å². The SMILES string of the molecule is CCc1c(O)c(=O)ccn1CCCOC(=O)C(C)(C)C. The highest BCUT2D eigenvalue weighted by Gasteiger charge is 2.22. The Morgan fingerprint density at radius 1 is 1.40 bits per heavy atom. The number of aromatic hydroxyl groups is 1. The molecule has 5 nitrogen and oxygen atoms in total. The highest BCUT2D eigenvalue weighted by Crippen LogP contribution is 2.16. The average Bonchev–Trinajstić information content (AvgIpc) is 2.37. The van der Waals surface area contributed by atoms with Gasteiger partial charge in [-0.05, 0) is 33.6 Å². The standard InChI is InChI=1S/C15H23NO4/c1-5-11-13(18)12(17)7-9-16(11)8-6-10-20-14(19)15(2,3)4/h7,9,18H,5-6,8,10H2,1-4H3. The van der Waals surface area contributed by atoms with Crippen molar-refractivity contribution < 1.29 is 14.6 Å². The zero-order valence-corrected chi connectivity index (χ0v) is 12.6. The number of hydrogen-bond donors (Lipinski definition) is 1. The normalized spacial score (nSPS) is 11.4. The lowest BCUT2D eigenvalue weighted by Crippen LogP contribution is -2.23. The average molecular weight is 281 g/mol. The van der Waals surface area contributed by atoms with E-state index in [1.165, 1.54) is 6.07 Å². The molecule has 0 fully saturated rings. The largest absolute Gasteiger partial charge is 0.503 e. The fraction of sp³-hybridized carbons (Fsp3) is 0.600. The molecule has 1 N–H and O–H groups in total. The molecule has 1 heterocycles. The highest BCUT2D eigenvalue weighted by molar-refractivity contribution is 5.75. The molecule has 0 saturated carbocycles. The molecule has 0 aliphatic rings. The van der Waals surface area contributed by atoms with Crippen molar-refractivity contribution in [3.63, 3.8) is 0 Å². The van der Waals surface area contributed by atoms with E-state index >= 15 is 0 Å². The summed E-state index contributed by atoms with van der Waals surface area (Å²) in [4.78, 5) is 22.9. The van der Waals surface area contributed by atoms with Gasteiger partial charge in [0.15, 0.2) is 5.75 Å². The van der Waals surface area contributed by atoms with Crippen molar-refractivity contribution in [3.05, 3.63) is 28.2 Å². The van der Waals surface area contributed by atoms with Crippen molar-refractivity contribution in [1.82, 2.24) is 4.57 Å². The molecule has 112 valence electrons. The Bertz CT molecular complexity index is 526. The van der Waals surface area contributed by atoms with E-state index in [1.807, 2.05) is 32.3 Å². The zero-order chi connectivity index (χ0) is 15.3. The summed E-state index contributed by atoms with van der Waals surface area (Å²) < 4.78 is 7.00. The van der Waals surface area contributed by atoms with Crippen LogP contribution in [-0.4, -0.2) is 22.2 Å². The van der Waals surface area contributed by atoms with Gasteiger partial charge in [0, 0.05) is 18.8 Å². The van der Waals surface area contributed by atoms with E-state index in [-0.39, 0.29) is 17.1 Å². The highest BCUT2D eigenvalue weighted by atomic mass is 16.5. The monoisotopic (exact) mass is 281 g/mol. The van der Waals surface area contributed by atoms with Gasteiger partial charge in [-0.2, -0.15) is 0 Å². The first-order valence-electron chi connectivity index (χ1n) is 6.86. The molecule has 1 rings (SSSR count). The van der Waals surface area contributed by atoms with Crippen LogP contribution in [0.2, 0.25) is 0 Å². The number of carbonyl (C=O) groups excluding carboxylic acids is 1. The third-order valence-corrected chi connectivity index (χ3v) is 2.98. The number of ether oxygens (including phenoxy) is 1. The van der Waals surface area contributed by atoms with Crippen LogP contribution in [0.15, 0.2) is 17.1 Å². The predicted molar refractivity (Wildman–Crippen MR) is 76.8 cm³/mol. The first-order chi connectivity index (χ1) is 9.27. The summed E-state index contributed by atoms with van der Waals surface area (Å²) >= 11 is 0. The molecular formula is C15H23NO4. The molecule has 0 atom stereocenters. The summed E-state index contributed by atoms with van der Waals surface area (Å²) in [7, 11) is 0. The van der Waals surface area contributed by atoms with E-state index in [4.69, 9.17) is 4.74 Å². The molecule has 20 heavy (non-hydrogen) atoms. The Morgan fingerprint density at radius 2 is 2.05 bits per heavy atom. The maximum absolute atomic E-state index is 11.6. The summed E-state index contributed by atoms with van der Waals surface area (Å²) in [6, 6.07) is 1.34. The molecule has 1 aromatic heterocycles. The van der Waals surface area contributed by atoms with Crippen LogP contribution >= 0.6 is 0 Å². The summed E-state index contributed by atoms with van der Waals surface area (Å²) in [6.45, 7) is 8.23. The van der Waals surface area contributed by atoms with Gasteiger partial charge >= 0.3 is 5.97 Å². The minimum absolute atomic E-state index is 0.193. The van der Waals surface area contributed by atoms with Crippen molar-refractivity contribution in [2.24, 2.45) is 5.41 Å². The molecule has 0 unspecified atom stereocenters. The summed E-state index contributed by atoms with van der Waals surface area (Å²) in [5, 5.41) is 9.71. The Hall–Kier alpha value is -1.78. The summed E-state index contributed by atoms with van der Waals surface area (Å²) in [6.07, 6.45) is 2.87. The smallest absolute Gasteiger partial charge is 0.311 e. The van der Waals surface area contributed by atoms with Gasteiger partial charge < -0.3 is 14.4 Å². The quantitative estimate of drug-likeness (QED) is 0.663. The number of hydrogen-bond acceptors (Lipinski definition) is 4. The van der Waals surface area contributed by atoms with Gasteiger partial charge in [0.2, 0.25) is 5.43 Å². The lowest BCUT2D eigenvalue weighted by molar-refractivity contribution is -0.153. The van der Waals surface area contributed by atoms with Crippen LogP contribution in [0, 0.1) is 5.41 Å². The Kier molecular flexibility index (Phi) is 5.36. The van der Waals surface area contributed by atoms with Crippen molar-refractivity contribution in [2.45, 2.75) is 47.1 Å². The van der Waals surface area contributed by atoms with Crippen molar-refractivity contribution in [2.75, 3.05) is 6.61 Å². The lowest BCUT2D eigenvalue weighted by atomic mass is 9.97. The number of aromatic nitrogens is 1. The first-order valence-corrected chi connectivity index (χ1v) is 6.86. The zero-order valence-electron chi connectivity index (χ0n) is 12.6. The molecule has 0 bridgehead atoms. The van der Waals surface area contributed by atoms with E-state index in [1.54, 1.807) is 6.20 Å². The van der Waals surface area contributed by atoms with Gasteiger partial charge in [-0.3, -0.25) is 9.59 Å². The van der Waals surface area contributed by atoms with Gasteiger partial charge in [-0.1, -0.05) is 6.92 Å². The number of rotatable bonds is 5. The topological polar surface area (TPSA) is 68.5 Å². The van der Waals surface area contributed by atoms with E-state index in [9.17, 15) is 14.7 Å². The van der Waals surface area contributed by atoms with Crippen LogP contribution in [0.3, 0.4) is 0 Å². The second-order valence-corrected chi connectivity index (χ2v) is 5.76. The molecule has 0 aromatic carbocycles. The Labute approximate surface area is 119 Å². The Balaban J connectivity index is 2.57. The maximum Gasteiger partial charge on any atom is 0.311 e. The molecule has 1 aromatic rings. The lowest BCUT2D eigenvalue weighted by Gasteiger charge is -2.17. The fourth-order valence-corrected chi connectivity index (χ4v) is 1.80. The second kappa shape index (κ2) is 6.59.